The first-order valence-corrected chi connectivity index (χ1v) is 5.61. The highest BCUT2D eigenvalue weighted by atomic mass is 16.1. The van der Waals surface area contributed by atoms with E-state index in [-0.39, 0.29) is 11.2 Å². The summed E-state index contributed by atoms with van der Waals surface area (Å²) in [5, 5.41) is 9.18. The van der Waals surface area contributed by atoms with E-state index < -0.39 is 0 Å². The molecule has 0 heterocycles. The fourth-order valence-electron chi connectivity index (χ4n) is 2.50. The zero-order chi connectivity index (χ0) is 10.6. The summed E-state index contributed by atoms with van der Waals surface area (Å²) in [6, 6.07) is 2.39. The average Bonchev–Trinajstić information content (AvgIpc) is 2.12. The number of nitriles is 1. The van der Waals surface area contributed by atoms with Gasteiger partial charge in [0.25, 0.3) is 0 Å². The van der Waals surface area contributed by atoms with E-state index >= 15 is 0 Å². The number of ketones is 1. The monoisotopic (exact) mass is 193 g/mol. The summed E-state index contributed by atoms with van der Waals surface area (Å²) < 4.78 is 0. The largest absolute Gasteiger partial charge is 0.300 e. The Hall–Kier alpha value is -0.840. The van der Waals surface area contributed by atoms with Crippen molar-refractivity contribution in [3.05, 3.63) is 0 Å². The molecule has 0 bridgehead atoms. The van der Waals surface area contributed by atoms with Crippen LogP contribution in [0.25, 0.3) is 0 Å². The van der Waals surface area contributed by atoms with Gasteiger partial charge in [0.2, 0.25) is 0 Å². The van der Waals surface area contributed by atoms with E-state index in [0.717, 1.165) is 25.7 Å². The molecule has 0 N–H and O–H groups in total. The molecule has 0 atom stereocenters. The van der Waals surface area contributed by atoms with Crippen molar-refractivity contribution in [3.8, 4) is 6.07 Å². The second kappa shape index (κ2) is 4.59. The Balaban J connectivity index is 2.65. The summed E-state index contributed by atoms with van der Waals surface area (Å²) in [4.78, 5) is 11.0. The highest BCUT2D eigenvalue weighted by molar-refractivity contribution is 5.87. The Morgan fingerprint density at radius 1 is 1.36 bits per heavy atom. The topological polar surface area (TPSA) is 40.9 Å². The normalized spacial score (nSPS) is 19.1. The molecular formula is C12H19NO. The summed E-state index contributed by atoms with van der Waals surface area (Å²) >= 11 is 0. The van der Waals surface area contributed by atoms with Crippen LogP contribution < -0.4 is 0 Å². The molecule has 0 saturated heterocycles. The SMILES string of the molecule is CCCC(CCC)C1(C#N)CC(=O)C1. The number of hydrogen-bond acceptors (Lipinski definition) is 2. The van der Waals surface area contributed by atoms with Crippen molar-refractivity contribution in [1.82, 2.24) is 0 Å². The van der Waals surface area contributed by atoms with Crippen LogP contribution in [0.15, 0.2) is 0 Å². The van der Waals surface area contributed by atoms with Crippen LogP contribution in [0, 0.1) is 22.7 Å². The van der Waals surface area contributed by atoms with Crippen LogP contribution >= 0.6 is 0 Å². The highest BCUT2D eigenvalue weighted by Gasteiger charge is 2.48. The third kappa shape index (κ3) is 1.97. The van der Waals surface area contributed by atoms with Gasteiger partial charge in [-0.05, 0) is 18.8 Å². The van der Waals surface area contributed by atoms with Gasteiger partial charge in [-0.2, -0.15) is 5.26 Å². The molecule has 2 nitrogen and oxygen atoms in total. The maximum absolute atomic E-state index is 11.0. The smallest absolute Gasteiger partial charge is 0.136 e. The first-order valence-electron chi connectivity index (χ1n) is 5.61. The van der Waals surface area contributed by atoms with Gasteiger partial charge in [-0.25, -0.2) is 0 Å². The van der Waals surface area contributed by atoms with Crippen molar-refractivity contribution in [3.63, 3.8) is 0 Å². The summed E-state index contributed by atoms with van der Waals surface area (Å²) in [5.74, 6) is 0.712. The van der Waals surface area contributed by atoms with Crippen LogP contribution in [0.3, 0.4) is 0 Å². The van der Waals surface area contributed by atoms with Crippen molar-refractivity contribution in [2.45, 2.75) is 52.4 Å². The molecule has 0 radical (unpaired) electrons. The van der Waals surface area contributed by atoms with Crippen LogP contribution in [0.5, 0.6) is 0 Å². The van der Waals surface area contributed by atoms with E-state index in [0.29, 0.717) is 18.8 Å². The molecule has 2 heteroatoms. The number of nitrogens with zero attached hydrogens (tertiary/aromatic N) is 1. The fourth-order valence-corrected chi connectivity index (χ4v) is 2.50. The lowest BCUT2D eigenvalue weighted by Crippen LogP contribution is -2.42. The molecule has 1 aliphatic rings. The van der Waals surface area contributed by atoms with Crippen LogP contribution in [0.2, 0.25) is 0 Å². The average molecular weight is 193 g/mol. The third-order valence-electron chi connectivity index (χ3n) is 3.30. The van der Waals surface area contributed by atoms with E-state index in [4.69, 9.17) is 0 Å². The minimum absolute atomic E-state index is 0.267. The number of carbonyl (C=O) groups excluding carboxylic acids is 1. The molecule has 78 valence electrons. The van der Waals surface area contributed by atoms with E-state index in [2.05, 4.69) is 19.9 Å². The van der Waals surface area contributed by atoms with Gasteiger partial charge in [-0.1, -0.05) is 26.7 Å². The zero-order valence-electron chi connectivity index (χ0n) is 9.18. The summed E-state index contributed by atoms with van der Waals surface area (Å²) in [6.07, 6.45) is 5.43. The molecule has 0 amide bonds. The first kappa shape index (κ1) is 11.2. The summed E-state index contributed by atoms with van der Waals surface area (Å²) in [7, 11) is 0. The van der Waals surface area contributed by atoms with Crippen molar-refractivity contribution in [1.29, 1.82) is 5.26 Å². The molecule has 14 heavy (non-hydrogen) atoms. The van der Waals surface area contributed by atoms with Gasteiger partial charge in [0.15, 0.2) is 0 Å². The lowest BCUT2D eigenvalue weighted by Gasteiger charge is -2.40. The van der Waals surface area contributed by atoms with Gasteiger partial charge >= 0.3 is 0 Å². The Labute approximate surface area is 86.3 Å². The number of hydrogen-bond donors (Lipinski definition) is 0. The molecule has 0 aromatic carbocycles. The first-order chi connectivity index (χ1) is 6.68. The highest BCUT2D eigenvalue weighted by Crippen LogP contribution is 2.47. The second-order valence-electron chi connectivity index (χ2n) is 4.43. The number of rotatable bonds is 5. The minimum Gasteiger partial charge on any atom is -0.300 e. The Kier molecular flexibility index (Phi) is 3.69. The summed E-state index contributed by atoms with van der Waals surface area (Å²) in [6.45, 7) is 4.29. The Bertz CT molecular complexity index is 238. The molecule has 1 rings (SSSR count). The van der Waals surface area contributed by atoms with Crippen LogP contribution in [-0.4, -0.2) is 5.78 Å². The fraction of sp³-hybridized carbons (Fsp3) is 0.833. The molecule has 1 fully saturated rings. The quantitative estimate of drug-likeness (QED) is 0.673. The lowest BCUT2D eigenvalue weighted by atomic mass is 9.59. The maximum atomic E-state index is 11.0. The molecule has 0 unspecified atom stereocenters. The standard InChI is InChI=1S/C12H19NO/c1-3-5-10(6-4-2)12(9-13)7-11(14)8-12/h10H,3-8H2,1-2H3. The maximum Gasteiger partial charge on any atom is 0.136 e. The van der Waals surface area contributed by atoms with E-state index in [9.17, 15) is 10.1 Å². The Morgan fingerprint density at radius 2 is 1.86 bits per heavy atom. The van der Waals surface area contributed by atoms with Crippen molar-refractivity contribution < 1.29 is 4.79 Å². The predicted molar refractivity (Wildman–Crippen MR) is 55.6 cm³/mol. The van der Waals surface area contributed by atoms with Gasteiger partial charge in [-0.15, -0.1) is 0 Å². The number of Topliss-reactive ketones (excluding diaryl/α,β-unsaturated/α-hetero) is 1. The van der Waals surface area contributed by atoms with Crippen molar-refractivity contribution >= 4 is 5.78 Å². The van der Waals surface area contributed by atoms with Gasteiger partial charge in [0.05, 0.1) is 11.5 Å². The lowest BCUT2D eigenvalue weighted by molar-refractivity contribution is -0.132. The molecule has 0 aromatic heterocycles. The zero-order valence-corrected chi connectivity index (χ0v) is 9.18. The van der Waals surface area contributed by atoms with Crippen LogP contribution in [-0.2, 0) is 4.79 Å². The van der Waals surface area contributed by atoms with E-state index in [1.54, 1.807) is 0 Å². The van der Waals surface area contributed by atoms with Gasteiger partial charge in [0, 0.05) is 12.8 Å². The molecule has 1 aliphatic carbocycles. The van der Waals surface area contributed by atoms with Gasteiger partial charge < -0.3 is 0 Å². The molecule has 0 spiro atoms. The minimum atomic E-state index is -0.289. The van der Waals surface area contributed by atoms with Crippen molar-refractivity contribution in [2.75, 3.05) is 0 Å². The molecule has 0 aliphatic heterocycles. The predicted octanol–water partition coefficient (Wildman–Crippen LogP) is 3.08. The van der Waals surface area contributed by atoms with E-state index in [1.807, 2.05) is 0 Å². The Morgan fingerprint density at radius 3 is 2.14 bits per heavy atom. The summed E-state index contributed by atoms with van der Waals surface area (Å²) in [5.41, 5.74) is -0.289. The molecular weight excluding hydrogens is 174 g/mol. The van der Waals surface area contributed by atoms with Crippen molar-refractivity contribution in [2.24, 2.45) is 11.3 Å². The number of carbonyl (C=O) groups is 1. The van der Waals surface area contributed by atoms with Gasteiger partial charge in [0.1, 0.15) is 5.78 Å². The third-order valence-corrected chi connectivity index (χ3v) is 3.30. The van der Waals surface area contributed by atoms with Gasteiger partial charge in [-0.3, -0.25) is 4.79 Å². The second-order valence-corrected chi connectivity index (χ2v) is 4.43. The van der Waals surface area contributed by atoms with Crippen LogP contribution in [0.1, 0.15) is 52.4 Å². The molecule has 1 saturated carbocycles. The van der Waals surface area contributed by atoms with E-state index in [1.165, 1.54) is 0 Å². The molecule has 0 aromatic rings. The van der Waals surface area contributed by atoms with Crippen LogP contribution in [0.4, 0.5) is 0 Å².